The summed E-state index contributed by atoms with van der Waals surface area (Å²) >= 11 is -2.65. The first-order valence-electron chi connectivity index (χ1n) is 2.32. The summed E-state index contributed by atoms with van der Waals surface area (Å²) in [6.07, 6.45) is 0. The Morgan fingerprint density at radius 1 is 1.40 bits per heavy atom. The molecule has 2 N–H and O–H groups in total. The normalized spacial score (nSPS) is 13.3. The van der Waals surface area contributed by atoms with Crippen LogP contribution in [-0.2, 0) is 11.3 Å². The van der Waals surface area contributed by atoms with Crippen LogP contribution in [0.1, 0.15) is 0 Å². The average molecular weight is 162 g/mol. The minimum Gasteiger partial charge on any atom is -0.755 e. The third-order valence-corrected chi connectivity index (χ3v) is 1.62. The van der Waals surface area contributed by atoms with Gasteiger partial charge < -0.3 is 14.8 Å². The molecule has 0 spiro atoms. The molecule has 0 fully saturated rings. The minimum atomic E-state index is -2.65. The van der Waals surface area contributed by atoms with Gasteiger partial charge in [-0.1, -0.05) is 0 Å². The first-order valence-corrected chi connectivity index (χ1v) is 3.35. The topological polar surface area (TPSA) is 85.5 Å². The Labute approximate surface area is 59.0 Å². The van der Waals surface area contributed by atoms with Crippen molar-refractivity contribution in [1.82, 2.24) is 3.97 Å². The molecular formula is C4H4NO4S-. The molecule has 1 aromatic rings. The molecule has 1 unspecified atom stereocenters. The number of nitrogens with zero attached hydrogens (tertiary/aromatic N) is 1. The van der Waals surface area contributed by atoms with E-state index in [-0.39, 0.29) is 0 Å². The number of rotatable bonds is 1. The standard InChI is InChI=1S/C4H5NO4S/c6-3-1-2-4(7)5(3)10(8)9/h1-2,6-7H,(H,8,9)/p-1. The quantitative estimate of drug-likeness (QED) is 0.547. The van der Waals surface area contributed by atoms with Gasteiger partial charge in [0.2, 0.25) is 11.8 Å². The number of hydrogen-bond acceptors (Lipinski definition) is 4. The highest BCUT2D eigenvalue weighted by Gasteiger charge is 2.03. The van der Waals surface area contributed by atoms with Crippen LogP contribution >= 0.6 is 0 Å². The van der Waals surface area contributed by atoms with Gasteiger partial charge in [-0.05, 0) is 0 Å². The molecule has 0 amide bonds. The van der Waals surface area contributed by atoms with E-state index >= 15 is 0 Å². The van der Waals surface area contributed by atoms with Crippen molar-refractivity contribution in [3.05, 3.63) is 12.1 Å². The SMILES string of the molecule is O=S([O-])n1c(O)ccc1O. The third-order valence-electron chi connectivity index (χ3n) is 0.947. The van der Waals surface area contributed by atoms with Crippen molar-refractivity contribution in [1.29, 1.82) is 0 Å². The average Bonchev–Trinajstić information content (AvgIpc) is 2.11. The molecular weight excluding hydrogens is 158 g/mol. The predicted octanol–water partition coefficient (Wildman–Crippen LogP) is -0.459. The fourth-order valence-electron chi connectivity index (χ4n) is 0.555. The number of hydrogen-bond donors (Lipinski definition) is 2. The molecule has 56 valence electrons. The molecule has 0 radical (unpaired) electrons. The highest BCUT2D eigenvalue weighted by Crippen LogP contribution is 2.20. The van der Waals surface area contributed by atoms with Crippen molar-refractivity contribution in [2.45, 2.75) is 0 Å². The fourth-order valence-corrected chi connectivity index (χ4v) is 0.982. The summed E-state index contributed by atoms with van der Waals surface area (Å²) in [6, 6.07) is 2.15. The summed E-state index contributed by atoms with van der Waals surface area (Å²) in [5.74, 6) is -1.02. The monoisotopic (exact) mass is 162 g/mol. The van der Waals surface area contributed by atoms with Gasteiger partial charge in [-0.15, -0.1) is 0 Å². The van der Waals surface area contributed by atoms with E-state index in [1.165, 1.54) is 0 Å². The van der Waals surface area contributed by atoms with Gasteiger partial charge in [0, 0.05) is 12.1 Å². The lowest BCUT2D eigenvalue weighted by Crippen LogP contribution is -2.00. The Morgan fingerprint density at radius 3 is 2.00 bits per heavy atom. The van der Waals surface area contributed by atoms with Crippen LogP contribution in [0.25, 0.3) is 0 Å². The summed E-state index contributed by atoms with van der Waals surface area (Å²) in [7, 11) is 0. The lowest BCUT2D eigenvalue weighted by Gasteiger charge is -2.07. The second-order valence-electron chi connectivity index (χ2n) is 1.56. The molecule has 1 atom stereocenters. The van der Waals surface area contributed by atoms with Crippen molar-refractivity contribution in [3.8, 4) is 11.8 Å². The van der Waals surface area contributed by atoms with E-state index in [0.29, 0.717) is 3.97 Å². The van der Waals surface area contributed by atoms with Gasteiger partial charge in [0.1, 0.15) is 0 Å². The smallest absolute Gasteiger partial charge is 0.205 e. The largest absolute Gasteiger partial charge is 0.755 e. The van der Waals surface area contributed by atoms with Gasteiger partial charge in [0.05, 0.1) is 11.3 Å². The molecule has 0 aliphatic rings. The van der Waals surface area contributed by atoms with Crippen LogP contribution in [-0.4, -0.2) is 22.9 Å². The van der Waals surface area contributed by atoms with Crippen molar-refractivity contribution in [2.75, 3.05) is 0 Å². The Kier molecular flexibility index (Phi) is 1.64. The fraction of sp³-hybridized carbons (Fsp3) is 0. The van der Waals surface area contributed by atoms with E-state index in [2.05, 4.69) is 0 Å². The van der Waals surface area contributed by atoms with Crippen LogP contribution in [0.3, 0.4) is 0 Å². The number of aromatic nitrogens is 1. The van der Waals surface area contributed by atoms with Gasteiger partial charge in [-0.2, -0.15) is 0 Å². The van der Waals surface area contributed by atoms with Crippen LogP contribution in [0.4, 0.5) is 0 Å². The van der Waals surface area contributed by atoms with Gasteiger partial charge >= 0.3 is 0 Å². The Morgan fingerprint density at radius 2 is 1.80 bits per heavy atom. The van der Waals surface area contributed by atoms with Gasteiger partial charge in [0.15, 0.2) is 0 Å². The van der Waals surface area contributed by atoms with E-state index in [4.69, 9.17) is 10.2 Å². The lowest BCUT2D eigenvalue weighted by atomic mass is 10.6. The molecule has 0 aliphatic heterocycles. The van der Waals surface area contributed by atoms with Crippen molar-refractivity contribution in [2.24, 2.45) is 0 Å². The Hall–Kier alpha value is -1.01. The summed E-state index contributed by atoms with van der Waals surface area (Å²) in [5.41, 5.74) is 0. The van der Waals surface area contributed by atoms with E-state index in [1.54, 1.807) is 0 Å². The van der Waals surface area contributed by atoms with Gasteiger partial charge in [0.25, 0.3) is 0 Å². The van der Waals surface area contributed by atoms with E-state index in [9.17, 15) is 8.76 Å². The molecule has 0 saturated carbocycles. The molecule has 0 aliphatic carbocycles. The van der Waals surface area contributed by atoms with E-state index in [0.717, 1.165) is 12.1 Å². The minimum absolute atomic E-state index is 0.361. The molecule has 1 rings (SSSR count). The summed E-state index contributed by atoms with van der Waals surface area (Å²) < 4.78 is 20.7. The van der Waals surface area contributed by atoms with Crippen LogP contribution in [0.2, 0.25) is 0 Å². The maximum atomic E-state index is 10.1. The highest BCUT2D eigenvalue weighted by molar-refractivity contribution is 7.77. The maximum Gasteiger partial charge on any atom is 0.205 e. The van der Waals surface area contributed by atoms with Crippen molar-refractivity contribution < 1.29 is 19.0 Å². The van der Waals surface area contributed by atoms with Crippen molar-refractivity contribution >= 4 is 11.3 Å². The van der Waals surface area contributed by atoms with E-state index < -0.39 is 23.0 Å². The molecule has 5 nitrogen and oxygen atoms in total. The van der Waals surface area contributed by atoms with Crippen LogP contribution in [0.5, 0.6) is 11.8 Å². The summed E-state index contributed by atoms with van der Waals surface area (Å²) in [4.78, 5) is 0. The summed E-state index contributed by atoms with van der Waals surface area (Å²) in [5, 5.41) is 17.4. The zero-order valence-corrected chi connectivity index (χ0v) is 5.54. The summed E-state index contributed by atoms with van der Waals surface area (Å²) in [6.45, 7) is 0. The molecule has 1 heterocycles. The van der Waals surface area contributed by atoms with Crippen LogP contribution < -0.4 is 0 Å². The Bertz CT molecular complexity index is 249. The highest BCUT2D eigenvalue weighted by atomic mass is 32.2. The first kappa shape index (κ1) is 7.10. The molecule has 6 heteroatoms. The zero-order valence-electron chi connectivity index (χ0n) is 4.72. The second kappa shape index (κ2) is 2.31. The number of aromatic hydroxyl groups is 2. The predicted molar refractivity (Wildman–Crippen MR) is 32.1 cm³/mol. The lowest BCUT2D eigenvalue weighted by molar-refractivity contribution is 0.403. The van der Waals surface area contributed by atoms with Crippen LogP contribution in [0, 0.1) is 0 Å². The van der Waals surface area contributed by atoms with Gasteiger partial charge in [-0.25, -0.2) is 3.97 Å². The first-order chi connectivity index (χ1) is 4.63. The third kappa shape index (κ3) is 0.981. The van der Waals surface area contributed by atoms with Crippen LogP contribution in [0.15, 0.2) is 12.1 Å². The zero-order chi connectivity index (χ0) is 7.72. The maximum absolute atomic E-state index is 10.1. The second-order valence-corrected chi connectivity index (χ2v) is 2.36. The van der Waals surface area contributed by atoms with E-state index in [1.807, 2.05) is 0 Å². The molecule has 0 saturated heterocycles. The molecule has 1 aromatic heterocycles. The molecule has 10 heavy (non-hydrogen) atoms. The molecule has 0 aromatic carbocycles. The molecule has 0 bridgehead atoms. The van der Waals surface area contributed by atoms with Gasteiger partial charge in [-0.3, -0.25) is 4.21 Å². The van der Waals surface area contributed by atoms with Crippen molar-refractivity contribution in [3.63, 3.8) is 0 Å². The Balaban J connectivity index is 3.23.